The van der Waals surface area contributed by atoms with Crippen molar-refractivity contribution < 1.29 is 14.4 Å². The minimum Gasteiger partial charge on any atom is -0.393 e. The van der Waals surface area contributed by atoms with Crippen molar-refractivity contribution in [2.24, 2.45) is 15.4 Å². The molecule has 2 N–H and O–H groups in total. The number of carbonyl (C=O) groups excluding carboxylic acids is 1. The molecule has 1 aromatic carbocycles. The standard InChI is InChI=1S/C15H15N5O4/c1-10(22)16-9-20-6-13(14(23)24-20)11-2-4-12(5-3-11)15(8-21)7-17-19-18-15/h2-7,21H,8-9H2,1H3,(H,16,22). The number of hydrogen-bond acceptors (Lipinski definition) is 7. The van der Waals surface area contributed by atoms with Crippen LogP contribution in [0.3, 0.4) is 0 Å². The molecule has 9 heteroatoms. The van der Waals surface area contributed by atoms with E-state index < -0.39 is 11.2 Å². The maximum Gasteiger partial charge on any atom is 0.365 e. The fourth-order valence-electron chi connectivity index (χ4n) is 2.33. The molecule has 3 rings (SSSR count). The maximum atomic E-state index is 12.0. The molecule has 2 aromatic rings. The van der Waals surface area contributed by atoms with Crippen LogP contribution in [-0.2, 0) is 17.0 Å². The summed E-state index contributed by atoms with van der Waals surface area (Å²) in [5.41, 5.74) is 0.245. The van der Waals surface area contributed by atoms with Crippen LogP contribution in [0.5, 0.6) is 0 Å². The quantitative estimate of drug-likeness (QED) is 0.844. The Balaban J connectivity index is 1.86. The highest BCUT2D eigenvalue weighted by Crippen LogP contribution is 2.29. The van der Waals surface area contributed by atoms with Gasteiger partial charge >= 0.3 is 5.63 Å². The Morgan fingerprint density at radius 2 is 2.12 bits per heavy atom. The van der Waals surface area contributed by atoms with Gasteiger partial charge in [0.25, 0.3) is 0 Å². The van der Waals surface area contributed by atoms with Gasteiger partial charge in [-0.1, -0.05) is 24.3 Å². The molecule has 0 aliphatic carbocycles. The fourth-order valence-corrected chi connectivity index (χ4v) is 2.33. The number of benzene rings is 1. The average molecular weight is 329 g/mol. The van der Waals surface area contributed by atoms with Gasteiger partial charge in [0.2, 0.25) is 5.91 Å². The summed E-state index contributed by atoms with van der Waals surface area (Å²) >= 11 is 0. The van der Waals surface area contributed by atoms with Gasteiger partial charge in [-0.05, 0) is 16.4 Å². The first-order chi connectivity index (χ1) is 11.5. The van der Waals surface area contributed by atoms with Crippen molar-refractivity contribution in [3.8, 4) is 11.1 Å². The smallest absolute Gasteiger partial charge is 0.365 e. The van der Waals surface area contributed by atoms with E-state index in [1.165, 1.54) is 24.1 Å². The summed E-state index contributed by atoms with van der Waals surface area (Å²) in [7, 11) is 0. The lowest BCUT2D eigenvalue weighted by molar-refractivity contribution is -0.119. The van der Waals surface area contributed by atoms with Crippen molar-refractivity contribution in [3.63, 3.8) is 0 Å². The van der Waals surface area contributed by atoms with Gasteiger partial charge in [-0.2, -0.15) is 4.74 Å². The van der Waals surface area contributed by atoms with Gasteiger partial charge in [-0.3, -0.25) is 4.79 Å². The molecule has 0 fully saturated rings. The second kappa shape index (κ2) is 6.20. The SMILES string of the molecule is CC(=O)NCn1cc(-c2ccc(C3(CO)C=NN=N3)cc2)c(=O)o1. The summed E-state index contributed by atoms with van der Waals surface area (Å²) in [5, 5.41) is 23.3. The number of aliphatic hydroxyl groups is 1. The molecule has 0 spiro atoms. The van der Waals surface area contributed by atoms with E-state index in [0.717, 1.165) is 0 Å². The Hall–Kier alpha value is -3.07. The number of rotatable bonds is 5. The zero-order valence-corrected chi connectivity index (χ0v) is 12.8. The van der Waals surface area contributed by atoms with E-state index in [2.05, 4.69) is 20.8 Å². The van der Waals surface area contributed by atoms with Crippen molar-refractivity contribution in [2.75, 3.05) is 6.61 Å². The molecular formula is C15H15N5O4. The predicted molar refractivity (Wildman–Crippen MR) is 84.3 cm³/mol. The molecule has 0 bridgehead atoms. The van der Waals surface area contributed by atoms with Crippen LogP contribution >= 0.6 is 0 Å². The molecule has 1 unspecified atom stereocenters. The lowest BCUT2D eigenvalue weighted by atomic mass is 9.92. The third kappa shape index (κ3) is 2.88. The molecule has 2 heterocycles. The first-order valence-corrected chi connectivity index (χ1v) is 7.17. The largest absolute Gasteiger partial charge is 0.393 e. The highest BCUT2D eigenvalue weighted by molar-refractivity contribution is 5.75. The highest BCUT2D eigenvalue weighted by Gasteiger charge is 2.32. The summed E-state index contributed by atoms with van der Waals surface area (Å²) in [6, 6.07) is 6.94. The van der Waals surface area contributed by atoms with Crippen LogP contribution < -0.4 is 10.9 Å². The van der Waals surface area contributed by atoms with E-state index >= 15 is 0 Å². The summed E-state index contributed by atoms with van der Waals surface area (Å²) in [6.45, 7) is 1.20. The minimum absolute atomic E-state index is 0.0765. The molecule has 1 aliphatic heterocycles. The van der Waals surface area contributed by atoms with Crippen molar-refractivity contribution in [3.05, 3.63) is 46.4 Å². The van der Waals surface area contributed by atoms with Gasteiger partial charge in [0.1, 0.15) is 6.67 Å². The highest BCUT2D eigenvalue weighted by atomic mass is 16.5. The van der Waals surface area contributed by atoms with Crippen molar-refractivity contribution in [1.82, 2.24) is 10.1 Å². The first-order valence-electron chi connectivity index (χ1n) is 7.17. The van der Waals surface area contributed by atoms with E-state index in [1.807, 2.05) is 0 Å². The third-order valence-electron chi connectivity index (χ3n) is 3.66. The molecule has 1 aliphatic rings. The van der Waals surface area contributed by atoms with Gasteiger partial charge in [0.05, 0.1) is 24.6 Å². The topological polar surface area (TPSA) is 122 Å². The molecule has 0 radical (unpaired) electrons. The molecule has 1 aromatic heterocycles. The third-order valence-corrected chi connectivity index (χ3v) is 3.66. The molecule has 0 saturated carbocycles. The van der Waals surface area contributed by atoms with E-state index in [4.69, 9.17) is 4.52 Å². The second-order valence-electron chi connectivity index (χ2n) is 5.32. The Kier molecular flexibility index (Phi) is 4.09. The lowest BCUT2D eigenvalue weighted by Gasteiger charge is -2.18. The number of carbonyl (C=O) groups is 1. The number of nitrogens with zero attached hydrogens (tertiary/aromatic N) is 4. The zero-order valence-electron chi connectivity index (χ0n) is 12.8. The molecule has 24 heavy (non-hydrogen) atoms. The van der Waals surface area contributed by atoms with Gasteiger partial charge in [0, 0.05) is 6.92 Å². The molecule has 124 valence electrons. The van der Waals surface area contributed by atoms with Crippen LogP contribution in [0.1, 0.15) is 12.5 Å². The predicted octanol–water partition coefficient (Wildman–Crippen LogP) is 0.841. The molecule has 1 amide bonds. The van der Waals surface area contributed by atoms with Crippen molar-refractivity contribution >= 4 is 12.1 Å². The van der Waals surface area contributed by atoms with Crippen LogP contribution in [0, 0.1) is 0 Å². The number of aromatic nitrogens is 1. The monoisotopic (exact) mass is 329 g/mol. The van der Waals surface area contributed by atoms with Crippen LogP contribution in [0.25, 0.3) is 11.1 Å². The summed E-state index contributed by atoms with van der Waals surface area (Å²) in [5.74, 6) is -0.223. The Bertz CT molecular complexity index is 851. The van der Waals surface area contributed by atoms with Crippen molar-refractivity contribution in [2.45, 2.75) is 19.1 Å². The van der Waals surface area contributed by atoms with Crippen LogP contribution in [-0.4, -0.2) is 28.6 Å². The summed E-state index contributed by atoms with van der Waals surface area (Å²) in [4.78, 5) is 22.9. The van der Waals surface area contributed by atoms with Crippen LogP contribution in [0.2, 0.25) is 0 Å². The number of aliphatic hydroxyl groups excluding tert-OH is 1. The van der Waals surface area contributed by atoms with E-state index in [-0.39, 0.29) is 19.2 Å². The molecule has 0 saturated heterocycles. The zero-order chi connectivity index (χ0) is 17.2. The number of hydrogen-bond donors (Lipinski definition) is 2. The molecule has 1 atom stereocenters. The molecular weight excluding hydrogens is 314 g/mol. The normalized spacial score (nSPS) is 18.9. The van der Waals surface area contributed by atoms with Gasteiger partial charge in [-0.25, -0.2) is 4.79 Å². The van der Waals surface area contributed by atoms with Gasteiger partial charge in [0.15, 0.2) is 5.54 Å². The van der Waals surface area contributed by atoms with E-state index in [0.29, 0.717) is 16.7 Å². The fraction of sp³-hybridized carbons (Fsp3) is 0.267. The summed E-state index contributed by atoms with van der Waals surface area (Å²) in [6.07, 6.45) is 2.99. The second-order valence-corrected chi connectivity index (χ2v) is 5.32. The van der Waals surface area contributed by atoms with Crippen LogP contribution in [0.15, 0.2) is 55.2 Å². The minimum atomic E-state index is -0.972. The van der Waals surface area contributed by atoms with Crippen molar-refractivity contribution in [1.29, 1.82) is 0 Å². The number of nitrogens with one attached hydrogen (secondary N) is 1. The summed E-state index contributed by atoms with van der Waals surface area (Å²) < 4.78 is 6.29. The first kappa shape index (κ1) is 15.8. The lowest BCUT2D eigenvalue weighted by Crippen LogP contribution is -2.27. The Labute approximate surface area is 136 Å². The Morgan fingerprint density at radius 3 is 2.71 bits per heavy atom. The number of amides is 1. The van der Waals surface area contributed by atoms with E-state index in [1.54, 1.807) is 24.3 Å². The molecule has 9 nitrogen and oxygen atoms in total. The van der Waals surface area contributed by atoms with Gasteiger partial charge < -0.3 is 14.9 Å². The Morgan fingerprint density at radius 1 is 1.38 bits per heavy atom. The van der Waals surface area contributed by atoms with Crippen LogP contribution in [0.4, 0.5) is 0 Å². The maximum absolute atomic E-state index is 12.0. The van der Waals surface area contributed by atoms with E-state index in [9.17, 15) is 14.7 Å². The average Bonchev–Trinajstić information content (AvgIpc) is 3.20. The van der Waals surface area contributed by atoms with Gasteiger partial charge in [-0.15, -0.1) is 10.2 Å².